The predicted molar refractivity (Wildman–Crippen MR) is 110 cm³/mol. The van der Waals surface area contributed by atoms with Crippen LogP contribution in [0.15, 0.2) is 48.5 Å². The molecule has 1 saturated carbocycles. The van der Waals surface area contributed by atoms with E-state index in [1.165, 1.54) is 43.2 Å². The average Bonchev–Trinajstić information content (AvgIpc) is 2.72. The van der Waals surface area contributed by atoms with Gasteiger partial charge in [-0.2, -0.15) is 0 Å². The smallest absolute Gasteiger partial charge is 0.119 e. The standard InChI is InChI=1S/C25H30O/c1-3-19-26-25-17-15-24(16-18-25)23-13-11-22(12-14-23)10-9-21-7-5-20(4-2)6-8-21/h11-18,20-21H,3-8,19H2,1-2H3/t20-,21-. The molecule has 26 heavy (non-hydrogen) atoms. The molecule has 136 valence electrons. The molecule has 0 bridgehead atoms. The van der Waals surface area contributed by atoms with Gasteiger partial charge in [-0.1, -0.05) is 56.4 Å². The molecule has 2 aromatic carbocycles. The predicted octanol–water partition coefficient (Wildman–Crippen LogP) is 6.71. The Bertz CT molecular complexity index is 722. The van der Waals surface area contributed by atoms with Gasteiger partial charge in [0, 0.05) is 11.5 Å². The van der Waals surface area contributed by atoms with Crippen molar-refractivity contribution >= 4 is 0 Å². The van der Waals surface area contributed by atoms with E-state index in [1.54, 1.807) is 0 Å². The molecule has 1 fully saturated rings. The van der Waals surface area contributed by atoms with Gasteiger partial charge in [-0.3, -0.25) is 0 Å². The van der Waals surface area contributed by atoms with Gasteiger partial charge < -0.3 is 4.74 Å². The molecule has 1 aliphatic rings. The summed E-state index contributed by atoms with van der Waals surface area (Å²) in [5.41, 5.74) is 3.56. The lowest BCUT2D eigenvalue weighted by atomic mass is 9.81. The fourth-order valence-electron chi connectivity index (χ4n) is 3.61. The zero-order chi connectivity index (χ0) is 18.2. The molecule has 0 saturated heterocycles. The van der Waals surface area contributed by atoms with E-state index in [-0.39, 0.29) is 0 Å². The molecule has 0 spiro atoms. The van der Waals surface area contributed by atoms with Crippen LogP contribution in [0.25, 0.3) is 11.1 Å². The quantitative estimate of drug-likeness (QED) is 0.547. The van der Waals surface area contributed by atoms with Gasteiger partial charge in [-0.15, -0.1) is 0 Å². The van der Waals surface area contributed by atoms with Crippen molar-refractivity contribution in [3.63, 3.8) is 0 Å². The lowest BCUT2D eigenvalue weighted by Gasteiger charge is -2.24. The summed E-state index contributed by atoms with van der Waals surface area (Å²) in [6.07, 6.45) is 7.61. The van der Waals surface area contributed by atoms with Crippen LogP contribution in [-0.2, 0) is 0 Å². The fraction of sp³-hybridized carbons (Fsp3) is 0.440. The molecule has 1 nitrogen and oxygen atoms in total. The molecule has 0 heterocycles. The van der Waals surface area contributed by atoms with Crippen LogP contribution in [-0.4, -0.2) is 6.61 Å². The third-order valence-corrected chi connectivity index (χ3v) is 5.39. The third kappa shape index (κ3) is 5.15. The summed E-state index contributed by atoms with van der Waals surface area (Å²) < 4.78 is 5.65. The summed E-state index contributed by atoms with van der Waals surface area (Å²) >= 11 is 0. The molecule has 0 N–H and O–H groups in total. The van der Waals surface area contributed by atoms with Crippen molar-refractivity contribution in [1.82, 2.24) is 0 Å². The molecule has 0 atom stereocenters. The van der Waals surface area contributed by atoms with Gasteiger partial charge in [0.2, 0.25) is 0 Å². The monoisotopic (exact) mass is 346 g/mol. The second-order valence-electron chi connectivity index (χ2n) is 7.35. The van der Waals surface area contributed by atoms with Crippen LogP contribution in [0, 0.1) is 23.7 Å². The molecule has 0 amide bonds. The van der Waals surface area contributed by atoms with Crippen LogP contribution < -0.4 is 4.74 Å². The molecule has 2 aromatic rings. The average molecular weight is 347 g/mol. The number of hydrogen-bond acceptors (Lipinski definition) is 1. The van der Waals surface area contributed by atoms with Gasteiger partial charge in [0.05, 0.1) is 6.61 Å². The first-order chi connectivity index (χ1) is 12.8. The van der Waals surface area contributed by atoms with Gasteiger partial charge in [0.1, 0.15) is 5.75 Å². The first-order valence-corrected chi connectivity index (χ1v) is 10.1. The number of rotatable bonds is 5. The zero-order valence-electron chi connectivity index (χ0n) is 16.1. The van der Waals surface area contributed by atoms with Gasteiger partial charge in [0.15, 0.2) is 0 Å². The van der Waals surface area contributed by atoms with Crippen LogP contribution in [0.4, 0.5) is 0 Å². The highest BCUT2D eigenvalue weighted by molar-refractivity contribution is 5.65. The van der Waals surface area contributed by atoms with Gasteiger partial charge in [-0.05, 0) is 73.4 Å². The Morgan fingerprint density at radius 1 is 0.846 bits per heavy atom. The van der Waals surface area contributed by atoms with E-state index in [2.05, 4.69) is 62.1 Å². The van der Waals surface area contributed by atoms with Crippen LogP contribution in [0.3, 0.4) is 0 Å². The molecule has 1 heteroatoms. The summed E-state index contributed by atoms with van der Waals surface area (Å²) in [6.45, 7) is 5.20. The van der Waals surface area contributed by atoms with Crippen molar-refractivity contribution in [1.29, 1.82) is 0 Å². The number of ether oxygens (including phenoxy) is 1. The molecule has 0 aliphatic heterocycles. The highest BCUT2D eigenvalue weighted by Crippen LogP contribution is 2.30. The van der Waals surface area contributed by atoms with Crippen molar-refractivity contribution in [2.24, 2.45) is 11.8 Å². The van der Waals surface area contributed by atoms with Crippen molar-refractivity contribution in [3.8, 4) is 28.7 Å². The number of benzene rings is 2. The first kappa shape index (κ1) is 18.6. The molecule has 0 unspecified atom stereocenters. The van der Waals surface area contributed by atoms with E-state index < -0.39 is 0 Å². The van der Waals surface area contributed by atoms with Crippen LogP contribution in [0.1, 0.15) is 57.9 Å². The highest BCUT2D eigenvalue weighted by Gasteiger charge is 2.17. The summed E-state index contributed by atoms with van der Waals surface area (Å²) in [5.74, 6) is 9.36. The van der Waals surface area contributed by atoms with E-state index in [0.29, 0.717) is 5.92 Å². The van der Waals surface area contributed by atoms with E-state index in [9.17, 15) is 0 Å². The van der Waals surface area contributed by atoms with Crippen molar-refractivity contribution in [2.45, 2.75) is 52.4 Å². The normalized spacial score (nSPS) is 19.5. The summed E-state index contributed by atoms with van der Waals surface area (Å²) in [4.78, 5) is 0. The Morgan fingerprint density at radius 2 is 1.46 bits per heavy atom. The molecular formula is C25H30O. The Labute approximate surface area is 158 Å². The topological polar surface area (TPSA) is 9.23 Å². The van der Waals surface area contributed by atoms with E-state index in [0.717, 1.165) is 30.3 Å². The van der Waals surface area contributed by atoms with Gasteiger partial charge >= 0.3 is 0 Å². The molecule has 0 aromatic heterocycles. The zero-order valence-corrected chi connectivity index (χ0v) is 16.1. The summed E-state index contributed by atoms with van der Waals surface area (Å²) in [6, 6.07) is 17.0. The van der Waals surface area contributed by atoms with Gasteiger partial charge in [0.25, 0.3) is 0 Å². The van der Waals surface area contributed by atoms with Crippen LogP contribution in [0.5, 0.6) is 5.75 Å². The van der Waals surface area contributed by atoms with Crippen LogP contribution >= 0.6 is 0 Å². The van der Waals surface area contributed by atoms with Crippen molar-refractivity contribution in [3.05, 3.63) is 54.1 Å². The van der Waals surface area contributed by atoms with Gasteiger partial charge in [-0.25, -0.2) is 0 Å². The molecule has 3 rings (SSSR count). The molecular weight excluding hydrogens is 316 g/mol. The lowest BCUT2D eigenvalue weighted by Crippen LogP contribution is -2.12. The first-order valence-electron chi connectivity index (χ1n) is 10.1. The minimum Gasteiger partial charge on any atom is -0.494 e. The molecule has 1 aliphatic carbocycles. The molecule has 0 radical (unpaired) electrons. The number of hydrogen-bond donors (Lipinski definition) is 0. The minimum atomic E-state index is 0.591. The third-order valence-electron chi connectivity index (χ3n) is 5.39. The minimum absolute atomic E-state index is 0.591. The van der Waals surface area contributed by atoms with E-state index in [1.807, 2.05) is 12.1 Å². The Kier molecular flexibility index (Phi) is 6.78. The van der Waals surface area contributed by atoms with E-state index >= 15 is 0 Å². The Morgan fingerprint density at radius 3 is 2.04 bits per heavy atom. The fourth-order valence-corrected chi connectivity index (χ4v) is 3.61. The maximum atomic E-state index is 5.65. The van der Waals surface area contributed by atoms with Crippen molar-refractivity contribution < 1.29 is 4.74 Å². The maximum Gasteiger partial charge on any atom is 0.119 e. The second kappa shape index (κ2) is 9.48. The summed E-state index contributed by atoms with van der Waals surface area (Å²) in [5, 5.41) is 0. The van der Waals surface area contributed by atoms with Crippen molar-refractivity contribution in [2.75, 3.05) is 6.61 Å². The van der Waals surface area contributed by atoms with E-state index in [4.69, 9.17) is 4.74 Å². The highest BCUT2D eigenvalue weighted by atomic mass is 16.5. The largest absolute Gasteiger partial charge is 0.494 e. The Hall–Kier alpha value is -2.20. The maximum absolute atomic E-state index is 5.65. The SMILES string of the molecule is CCCOc1ccc(-c2ccc(C#C[C@H]3CC[C@H](CC)CC3)cc2)cc1. The summed E-state index contributed by atoms with van der Waals surface area (Å²) in [7, 11) is 0. The lowest BCUT2D eigenvalue weighted by molar-refractivity contribution is 0.309. The second-order valence-corrected chi connectivity index (χ2v) is 7.35. The van der Waals surface area contributed by atoms with Crippen LogP contribution in [0.2, 0.25) is 0 Å². The Balaban J connectivity index is 1.59.